The zero-order valence-corrected chi connectivity index (χ0v) is 24.0. The van der Waals surface area contributed by atoms with Crippen LogP contribution in [0.4, 0.5) is 0 Å². The van der Waals surface area contributed by atoms with E-state index in [2.05, 4.69) is 15.3 Å². The molecule has 0 spiro atoms. The van der Waals surface area contributed by atoms with Crippen LogP contribution in [0.15, 0.2) is 48.0 Å². The van der Waals surface area contributed by atoms with E-state index >= 15 is 0 Å². The van der Waals surface area contributed by atoms with Gasteiger partial charge >= 0.3 is 5.97 Å². The van der Waals surface area contributed by atoms with Gasteiger partial charge in [0.25, 0.3) is 0 Å². The number of ether oxygens (including phenoxy) is 2. The highest BCUT2D eigenvalue weighted by Gasteiger charge is 2.73. The van der Waals surface area contributed by atoms with Gasteiger partial charge in [-0.1, -0.05) is 29.1 Å². The van der Waals surface area contributed by atoms with Crippen molar-refractivity contribution in [3.05, 3.63) is 54.1 Å². The van der Waals surface area contributed by atoms with Crippen LogP contribution >= 0.6 is 11.8 Å². The van der Waals surface area contributed by atoms with Crippen LogP contribution in [0.3, 0.4) is 0 Å². The molecule has 40 heavy (non-hydrogen) atoms. The Labute approximate surface area is 235 Å². The summed E-state index contributed by atoms with van der Waals surface area (Å²) in [6, 6.07) is 5.51. The lowest BCUT2D eigenvalue weighted by atomic mass is 9.87. The third-order valence-corrected chi connectivity index (χ3v) is 11.3. The first-order chi connectivity index (χ1) is 19.0. The number of rotatable bonds is 10. The van der Waals surface area contributed by atoms with Gasteiger partial charge in [-0.3, -0.25) is 9.48 Å². The van der Waals surface area contributed by atoms with Crippen molar-refractivity contribution in [1.82, 2.24) is 29.4 Å². The van der Waals surface area contributed by atoms with Crippen molar-refractivity contribution in [2.45, 2.75) is 54.4 Å². The molecular formula is C25H30N6O7S2. The molecule has 4 atom stereocenters. The van der Waals surface area contributed by atoms with Gasteiger partial charge in [0.05, 0.1) is 24.6 Å². The van der Waals surface area contributed by atoms with Crippen molar-refractivity contribution in [1.29, 1.82) is 0 Å². The predicted molar refractivity (Wildman–Crippen MR) is 143 cm³/mol. The topological polar surface area (TPSA) is 159 Å². The number of nitrogens with zero attached hydrogens (tertiary/aromatic N) is 6. The molecule has 5 rings (SSSR count). The van der Waals surface area contributed by atoms with Crippen LogP contribution in [0.2, 0.25) is 0 Å². The highest BCUT2D eigenvalue weighted by molar-refractivity contribution is 7.99. The fraction of sp³-hybridized carbons (Fsp3) is 0.480. The smallest absolute Gasteiger partial charge is 0.330 e. The van der Waals surface area contributed by atoms with E-state index in [1.165, 1.54) is 43.6 Å². The first kappa shape index (κ1) is 28.1. The Kier molecular flexibility index (Phi) is 7.39. The quantitative estimate of drug-likeness (QED) is 0.204. The Hall–Kier alpha value is -3.43. The fourth-order valence-electron chi connectivity index (χ4n) is 5.04. The molecule has 1 aromatic carbocycles. The molecule has 1 unspecified atom stereocenters. The van der Waals surface area contributed by atoms with Gasteiger partial charge in [0.1, 0.15) is 41.5 Å². The summed E-state index contributed by atoms with van der Waals surface area (Å²) >= 11 is 1.52. The predicted octanol–water partition coefficient (Wildman–Crippen LogP) is 0.949. The first-order valence-corrected chi connectivity index (χ1v) is 15.0. The van der Waals surface area contributed by atoms with Crippen molar-refractivity contribution in [3.63, 3.8) is 0 Å². The Bertz CT molecular complexity index is 1520. The molecule has 0 radical (unpaired) electrons. The Morgan fingerprint density at radius 1 is 1.25 bits per heavy atom. The van der Waals surface area contributed by atoms with Crippen LogP contribution in [-0.2, 0) is 44.4 Å². The molecule has 0 bridgehead atoms. The number of imidazole rings is 1. The number of aryl methyl sites for hydroxylation is 2. The van der Waals surface area contributed by atoms with Crippen molar-refractivity contribution in [2.75, 3.05) is 12.9 Å². The molecule has 3 aromatic rings. The van der Waals surface area contributed by atoms with Crippen molar-refractivity contribution >= 4 is 33.5 Å². The monoisotopic (exact) mass is 590 g/mol. The highest BCUT2D eigenvalue weighted by atomic mass is 32.2. The highest BCUT2D eigenvalue weighted by Crippen LogP contribution is 2.52. The molecule has 2 aliphatic rings. The lowest BCUT2D eigenvalue weighted by molar-refractivity contribution is -0.172. The number of carbonyl (C=O) groups excluding carboxylic acids is 2. The zero-order chi connectivity index (χ0) is 28.8. The average Bonchev–Trinajstić information content (AvgIpc) is 3.60. The van der Waals surface area contributed by atoms with E-state index in [4.69, 9.17) is 9.47 Å². The number of β-lactam (4-membered cyclic amide) rings is 1. The Balaban J connectivity index is 1.27. The minimum absolute atomic E-state index is 0.0820. The largest absolute Gasteiger partial charge is 0.497 e. The molecule has 1 N–H and O–H groups in total. The zero-order valence-electron chi connectivity index (χ0n) is 22.4. The molecule has 15 heteroatoms. The third-order valence-electron chi connectivity index (χ3n) is 7.40. The van der Waals surface area contributed by atoms with Crippen LogP contribution in [0.5, 0.6) is 5.75 Å². The maximum atomic E-state index is 13.5. The number of fused-ring (bicyclic) bond motifs is 1. The van der Waals surface area contributed by atoms with E-state index in [9.17, 15) is 23.1 Å². The summed E-state index contributed by atoms with van der Waals surface area (Å²) < 4.78 is 39.4. The van der Waals surface area contributed by atoms with E-state index in [1.807, 2.05) is 17.8 Å². The van der Waals surface area contributed by atoms with Gasteiger partial charge in [-0.2, -0.15) is 0 Å². The fourth-order valence-corrected chi connectivity index (χ4v) is 8.22. The standard InChI is InChI=1S/C25H30N6O7S2/c1-25(2)20(23(34)38-14-15-5-7-16(37-4)8-6-15)31-21(33)18(22(31)40(25,35)36)19(32)17-13-30(28-27-17)11-12-39-24-26-9-10-29(24)3/h5-10,13,18-20,22,32H,11-12,14H2,1-4H3/t18-,19?,20-,22+/m0/s1. The lowest BCUT2D eigenvalue weighted by Crippen LogP contribution is -2.65. The van der Waals surface area contributed by atoms with Gasteiger partial charge in [-0.05, 0) is 31.5 Å². The molecule has 4 heterocycles. The molecule has 2 aliphatic heterocycles. The molecule has 0 aliphatic carbocycles. The second-order valence-electron chi connectivity index (χ2n) is 10.2. The summed E-state index contributed by atoms with van der Waals surface area (Å²) in [4.78, 5) is 31.6. The van der Waals surface area contributed by atoms with Gasteiger partial charge in [-0.15, -0.1) is 5.10 Å². The van der Waals surface area contributed by atoms with E-state index in [1.54, 1.807) is 30.5 Å². The molecule has 0 saturated carbocycles. The Morgan fingerprint density at radius 2 is 1.98 bits per heavy atom. The number of thioether (sulfide) groups is 1. The summed E-state index contributed by atoms with van der Waals surface area (Å²) in [5.41, 5.74) is 0.757. The summed E-state index contributed by atoms with van der Waals surface area (Å²) in [6.07, 6.45) is 3.53. The van der Waals surface area contributed by atoms with Crippen LogP contribution in [-0.4, -0.2) is 83.9 Å². The number of esters is 1. The Morgan fingerprint density at radius 3 is 2.62 bits per heavy atom. The number of hydrogen-bond donors (Lipinski definition) is 1. The van der Waals surface area contributed by atoms with Gasteiger partial charge in [0.2, 0.25) is 5.91 Å². The number of aromatic nitrogens is 5. The van der Waals surface area contributed by atoms with Crippen molar-refractivity contribution in [2.24, 2.45) is 13.0 Å². The molecule has 1 amide bonds. The number of aliphatic hydroxyl groups excluding tert-OH is 1. The van der Waals surface area contributed by atoms with E-state index in [-0.39, 0.29) is 12.3 Å². The summed E-state index contributed by atoms with van der Waals surface area (Å²) in [6.45, 7) is 3.15. The normalized spacial score (nSPS) is 23.4. The maximum Gasteiger partial charge on any atom is 0.330 e. The number of hydrogen-bond acceptors (Lipinski definition) is 11. The molecule has 214 valence electrons. The van der Waals surface area contributed by atoms with Gasteiger partial charge in [0, 0.05) is 25.2 Å². The second kappa shape index (κ2) is 10.5. The summed E-state index contributed by atoms with van der Waals surface area (Å²) in [7, 11) is -0.636. The summed E-state index contributed by atoms with van der Waals surface area (Å²) in [5.74, 6) is -1.52. The number of methoxy groups -OCH3 is 1. The minimum atomic E-state index is -4.06. The molecule has 13 nitrogen and oxygen atoms in total. The van der Waals surface area contributed by atoms with Gasteiger partial charge in [0.15, 0.2) is 15.0 Å². The molecule has 2 fully saturated rings. The summed E-state index contributed by atoms with van der Waals surface area (Å²) in [5, 5.41) is 18.5. The van der Waals surface area contributed by atoms with E-state index in [0.717, 1.165) is 10.1 Å². The van der Waals surface area contributed by atoms with Crippen LogP contribution in [0.1, 0.15) is 31.2 Å². The lowest BCUT2D eigenvalue weighted by Gasteiger charge is -2.44. The van der Waals surface area contributed by atoms with Gasteiger partial charge < -0.3 is 24.0 Å². The minimum Gasteiger partial charge on any atom is -0.497 e. The third kappa shape index (κ3) is 4.65. The number of benzene rings is 1. The van der Waals surface area contributed by atoms with E-state index < -0.39 is 49.9 Å². The average molecular weight is 591 g/mol. The number of carbonyl (C=O) groups is 2. The van der Waals surface area contributed by atoms with Gasteiger partial charge in [-0.25, -0.2) is 18.2 Å². The van der Waals surface area contributed by atoms with Crippen LogP contribution in [0, 0.1) is 5.92 Å². The number of amides is 1. The first-order valence-electron chi connectivity index (χ1n) is 12.5. The van der Waals surface area contributed by atoms with Crippen molar-refractivity contribution < 1.29 is 32.6 Å². The molecule has 2 aromatic heterocycles. The number of sulfone groups is 1. The molecule has 2 saturated heterocycles. The SMILES string of the molecule is COc1ccc(COC(=O)[C@@H]2N3C(=O)[C@H](C(O)c4cn(CCSc5nccn5C)nn4)[C@H]3S(=O)(=O)C2(C)C)cc1. The second-order valence-corrected chi connectivity index (χ2v) is 13.9. The van der Waals surface area contributed by atoms with Crippen LogP contribution < -0.4 is 4.74 Å². The van der Waals surface area contributed by atoms with Crippen LogP contribution in [0.25, 0.3) is 0 Å². The number of aliphatic hydroxyl groups is 1. The maximum absolute atomic E-state index is 13.5. The molecular weight excluding hydrogens is 560 g/mol. The van der Waals surface area contributed by atoms with Crippen molar-refractivity contribution in [3.8, 4) is 5.75 Å². The van der Waals surface area contributed by atoms with E-state index in [0.29, 0.717) is 23.6 Å².